The fraction of sp³-hybridized carbons (Fsp3) is 0.500. The van der Waals surface area contributed by atoms with E-state index >= 15 is 0 Å². The molecule has 0 saturated heterocycles. The number of nitrogens with zero attached hydrogens (tertiary/aromatic N) is 1. The zero-order valence-corrected chi connectivity index (χ0v) is 13.4. The van der Waals surface area contributed by atoms with Crippen molar-refractivity contribution in [3.8, 4) is 0 Å². The van der Waals surface area contributed by atoms with E-state index in [9.17, 15) is 20.7 Å². The second kappa shape index (κ2) is 5.42. The van der Waals surface area contributed by atoms with Crippen molar-refractivity contribution in [2.24, 2.45) is 5.41 Å². The quantitative estimate of drug-likeness (QED) is 0.795. The number of rotatable bonds is 4. The van der Waals surface area contributed by atoms with Gasteiger partial charge in [0.25, 0.3) is 0 Å². The second-order valence-electron chi connectivity index (χ2n) is 5.73. The van der Waals surface area contributed by atoms with Crippen molar-refractivity contribution in [1.29, 1.82) is 0 Å². The van der Waals surface area contributed by atoms with Gasteiger partial charge < -0.3 is 0 Å². The summed E-state index contributed by atoms with van der Waals surface area (Å²) < 4.78 is 59.8. The van der Waals surface area contributed by atoms with Crippen molar-refractivity contribution in [3.05, 3.63) is 24.3 Å². The molecule has 0 aromatic heterocycles. The third kappa shape index (κ3) is 4.26. The fourth-order valence-electron chi connectivity index (χ4n) is 1.71. The Balaban J connectivity index is 3.11. The van der Waals surface area contributed by atoms with Gasteiger partial charge >= 0.3 is 10.2 Å². The Morgan fingerprint density at radius 1 is 1.00 bits per heavy atom. The molecule has 0 aliphatic heterocycles. The third-order valence-electron chi connectivity index (χ3n) is 2.51. The molecule has 8 heteroatoms. The lowest BCUT2D eigenvalue weighted by atomic mass is 9.97. The Bertz CT molecular complexity index is 673. The highest BCUT2D eigenvalue weighted by molar-refractivity contribution is 7.89. The molecule has 1 aromatic carbocycles. The van der Waals surface area contributed by atoms with Gasteiger partial charge in [-0.05, 0) is 29.7 Å². The summed E-state index contributed by atoms with van der Waals surface area (Å²) in [5.74, 6) is 0. The van der Waals surface area contributed by atoms with Crippen LogP contribution in [0, 0.1) is 5.41 Å². The summed E-state index contributed by atoms with van der Waals surface area (Å²) in [5.41, 5.74) is -0.218. The van der Waals surface area contributed by atoms with Gasteiger partial charge in [0, 0.05) is 13.6 Å². The molecule has 20 heavy (non-hydrogen) atoms. The highest BCUT2D eigenvalue weighted by Crippen LogP contribution is 2.22. The van der Waals surface area contributed by atoms with E-state index in [1.807, 2.05) is 20.8 Å². The third-order valence-corrected chi connectivity index (χ3v) is 5.16. The molecule has 114 valence electrons. The number of hydrogen-bond donors (Lipinski definition) is 0. The maximum absolute atomic E-state index is 12.7. The van der Waals surface area contributed by atoms with Crippen LogP contribution in [0.5, 0.6) is 0 Å². The molecule has 0 N–H and O–H groups in total. The lowest BCUT2D eigenvalue weighted by Crippen LogP contribution is -2.34. The van der Waals surface area contributed by atoms with E-state index in [0.29, 0.717) is 6.54 Å². The van der Waals surface area contributed by atoms with Crippen molar-refractivity contribution < 1.29 is 20.7 Å². The number of benzene rings is 1. The van der Waals surface area contributed by atoms with Crippen molar-refractivity contribution in [2.75, 3.05) is 13.6 Å². The van der Waals surface area contributed by atoms with Crippen molar-refractivity contribution in [2.45, 2.75) is 30.6 Å². The van der Waals surface area contributed by atoms with E-state index in [2.05, 4.69) is 0 Å². The molecule has 0 heterocycles. The molecule has 0 bridgehead atoms. The number of sulfonamides is 1. The van der Waals surface area contributed by atoms with Gasteiger partial charge in [-0.3, -0.25) is 0 Å². The largest absolute Gasteiger partial charge is 0.332 e. The average Bonchev–Trinajstić information content (AvgIpc) is 2.25. The monoisotopic (exact) mass is 323 g/mol. The molecule has 0 aliphatic rings. The van der Waals surface area contributed by atoms with E-state index in [-0.39, 0.29) is 10.3 Å². The van der Waals surface area contributed by atoms with Gasteiger partial charge in [0.15, 0.2) is 0 Å². The fourth-order valence-corrected chi connectivity index (χ4v) is 3.57. The first kappa shape index (κ1) is 17.1. The minimum absolute atomic E-state index is 0.0725. The molecule has 1 rings (SSSR count). The van der Waals surface area contributed by atoms with Gasteiger partial charge in [-0.2, -0.15) is 8.42 Å². The summed E-state index contributed by atoms with van der Waals surface area (Å²) in [4.78, 5) is -0.633. The Hall–Kier alpha value is -0.990. The molecule has 0 amide bonds. The Morgan fingerprint density at radius 2 is 1.40 bits per heavy atom. The summed E-state index contributed by atoms with van der Waals surface area (Å²) in [6.45, 7) is 6.01. The number of halogens is 1. The molecule has 0 radical (unpaired) electrons. The number of hydrogen-bond acceptors (Lipinski definition) is 4. The lowest BCUT2D eigenvalue weighted by molar-refractivity contribution is 0.311. The van der Waals surface area contributed by atoms with E-state index < -0.39 is 25.1 Å². The van der Waals surface area contributed by atoms with Crippen molar-refractivity contribution >= 4 is 20.2 Å². The topological polar surface area (TPSA) is 71.5 Å². The van der Waals surface area contributed by atoms with Crippen LogP contribution in [0.4, 0.5) is 3.89 Å². The first-order valence-corrected chi connectivity index (χ1v) is 8.67. The van der Waals surface area contributed by atoms with Gasteiger partial charge in [-0.1, -0.05) is 20.8 Å². The Morgan fingerprint density at radius 3 is 1.75 bits per heavy atom. The van der Waals surface area contributed by atoms with Gasteiger partial charge in [0.1, 0.15) is 0 Å². The summed E-state index contributed by atoms with van der Waals surface area (Å²) in [5, 5.41) is 0. The molecular formula is C12H18FNO4S2. The van der Waals surface area contributed by atoms with Crippen LogP contribution in [0.25, 0.3) is 0 Å². The molecule has 0 aliphatic carbocycles. The minimum Gasteiger partial charge on any atom is -0.207 e. The van der Waals surface area contributed by atoms with Gasteiger partial charge in [0.2, 0.25) is 10.0 Å². The predicted molar refractivity (Wildman–Crippen MR) is 74.0 cm³/mol. The van der Waals surface area contributed by atoms with Crippen LogP contribution in [0.3, 0.4) is 0 Å². The first-order chi connectivity index (χ1) is 8.84. The van der Waals surface area contributed by atoms with Crippen LogP contribution in [0.1, 0.15) is 20.8 Å². The van der Waals surface area contributed by atoms with E-state index in [1.165, 1.54) is 11.4 Å². The Labute approximate surface area is 119 Å². The molecule has 0 atom stereocenters. The summed E-state index contributed by atoms with van der Waals surface area (Å²) >= 11 is 0. The maximum Gasteiger partial charge on any atom is 0.332 e. The average molecular weight is 323 g/mol. The van der Waals surface area contributed by atoms with Crippen LogP contribution in [0.2, 0.25) is 0 Å². The summed E-state index contributed by atoms with van der Waals surface area (Å²) in [6.07, 6.45) is 0. The molecule has 1 aromatic rings. The lowest BCUT2D eigenvalue weighted by Gasteiger charge is -2.26. The Kier molecular flexibility index (Phi) is 4.62. The standard InChI is InChI=1S/C12H18FNO4S2/c1-12(2,3)9-14(4)20(17,18)11-7-5-10(6-8-11)19(13,15)16/h5-8H,9H2,1-4H3. The normalized spacial score (nSPS) is 13.7. The second-order valence-corrected chi connectivity index (χ2v) is 9.12. The van der Waals surface area contributed by atoms with Crippen LogP contribution >= 0.6 is 0 Å². The molecule has 0 saturated carbocycles. The first-order valence-electron chi connectivity index (χ1n) is 5.85. The molecule has 0 fully saturated rings. The molecule has 0 spiro atoms. The molecule has 0 unspecified atom stereocenters. The van der Waals surface area contributed by atoms with E-state index in [4.69, 9.17) is 0 Å². The SMILES string of the molecule is CN(CC(C)(C)C)S(=O)(=O)c1ccc(S(=O)(=O)F)cc1. The summed E-state index contributed by atoms with van der Waals surface area (Å²) in [7, 11) is -7.10. The van der Waals surface area contributed by atoms with Crippen LogP contribution in [-0.4, -0.2) is 34.7 Å². The van der Waals surface area contributed by atoms with E-state index in [1.54, 1.807) is 0 Å². The highest BCUT2D eigenvalue weighted by atomic mass is 32.3. The van der Waals surface area contributed by atoms with Crippen LogP contribution in [-0.2, 0) is 20.2 Å². The maximum atomic E-state index is 12.7. The van der Waals surface area contributed by atoms with Gasteiger partial charge in [0.05, 0.1) is 9.79 Å². The zero-order chi connectivity index (χ0) is 15.8. The van der Waals surface area contributed by atoms with Gasteiger partial charge in [-0.15, -0.1) is 3.89 Å². The highest BCUT2D eigenvalue weighted by Gasteiger charge is 2.25. The van der Waals surface area contributed by atoms with E-state index in [0.717, 1.165) is 24.3 Å². The predicted octanol–water partition coefficient (Wildman–Crippen LogP) is 2.01. The molecular weight excluding hydrogens is 305 g/mol. The van der Waals surface area contributed by atoms with Crippen LogP contribution in [0.15, 0.2) is 34.1 Å². The molecule has 5 nitrogen and oxygen atoms in total. The smallest absolute Gasteiger partial charge is 0.207 e. The van der Waals surface area contributed by atoms with Crippen molar-refractivity contribution in [3.63, 3.8) is 0 Å². The van der Waals surface area contributed by atoms with Crippen molar-refractivity contribution in [1.82, 2.24) is 4.31 Å². The minimum atomic E-state index is -4.82. The summed E-state index contributed by atoms with van der Waals surface area (Å²) in [6, 6.07) is 4.04. The van der Waals surface area contributed by atoms with Gasteiger partial charge in [-0.25, -0.2) is 12.7 Å². The van der Waals surface area contributed by atoms with Crippen LogP contribution < -0.4 is 0 Å². The zero-order valence-electron chi connectivity index (χ0n) is 11.8.